The highest BCUT2D eigenvalue weighted by Crippen LogP contribution is 2.26. The number of nitrogens with zero attached hydrogens (tertiary/aromatic N) is 4. The molecule has 1 aliphatic rings. The predicted octanol–water partition coefficient (Wildman–Crippen LogP) is 2.95. The maximum atomic E-state index is 4.47. The van der Waals surface area contributed by atoms with Crippen LogP contribution < -0.4 is 0 Å². The van der Waals surface area contributed by atoms with Crippen LogP contribution in [0.5, 0.6) is 0 Å². The zero-order valence-electron chi connectivity index (χ0n) is 12.5. The standard InChI is InChI=1S/C16H22N4/c1-12(20-10-4-5-11-20)14-6-8-15(9-7-14)16-17-13(2)19(3)18-16/h6-9,12H,4-5,10-11H2,1-3H3/t12-/m1/s1. The molecule has 0 unspecified atom stereocenters. The van der Waals surface area contributed by atoms with E-state index in [-0.39, 0.29) is 0 Å². The summed E-state index contributed by atoms with van der Waals surface area (Å²) in [6.45, 7) is 6.72. The molecule has 1 aromatic carbocycles. The Morgan fingerprint density at radius 2 is 1.75 bits per heavy atom. The molecule has 0 aliphatic carbocycles. The second-order valence-electron chi connectivity index (χ2n) is 5.65. The quantitative estimate of drug-likeness (QED) is 0.860. The van der Waals surface area contributed by atoms with E-state index in [9.17, 15) is 0 Å². The summed E-state index contributed by atoms with van der Waals surface area (Å²) in [7, 11) is 1.93. The van der Waals surface area contributed by atoms with Crippen LogP contribution in [0.25, 0.3) is 11.4 Å². The Morgan fingerprint density at radius 3 is 2.30 bits per heavy atom. The van der Waals surface area contributed by atoms with Gasteiger partial charge in [-0.1, -0.05) is 24.3 Å². The van der Waals surface area contributed by atoms with Crippen LogP contribution in [0, 0.1) is 6.92 Å². The topological polar surface area (TPSA) is 34.0 Å². The van der Waals surface area contributed by atoms with E-state index in [4.69, 9.17) is 0 Å². The average Bonchev–Trinajstić information content (AvgIpc) is 3.09. The molecule has 4 heteroatoms. The van der Waals surface area contributed by atoms with Crippen molar-refractivity contribution < 1.29 is 0 Å². The van der Waals surface area contributed by atoms with Crippen molar-refractivity contribution in [2.45, 2.75) is 32.7 Å². The first-order valence-corrected chi connectivity index (χ1v) is 7.37. The summed E-state index contributed by atoms with van der Waals surface area (Å²) in [5.74, 6) is 1.75. The van der Waals surface area contributed by atoms with Crippen LogP contribution in [0.15, 0.2) is 24.3 Å². The molecule has 0 radical (unpaired) electrons. The summed E-state index contributed by atoms with van der Waals surface area (Å²) in [6, 6.07) is 9.20. The smallest absolute Gasteiger partial charge is 0.181 e. The lowest BCUT2D eigenvalue weighted by Crippen LogP contribution is -2.23. The summed E-state index contributed by atoms with van der Waals surface area (Å²) in [4.78, 5) is 7.03. The van der Waals surface area contributed by atoms with Crippen molar-refractivity contribution in [3.05, 3.63) is 35.7 Å². The van der Waals surface area contributed by atoms with Gasteiger partial charge in [-0.15, -0.1) is 0 Å². The fourth-order valence-electron chi connectivity index (χ4n) is 2.84. The lowest BCUT2D eigenvalue weighted by molar-refractivity contribution is 0.263. The van der Waals surface area contributed by atoms with Crippen LogP contribution >= 0.6 is 0 Å². The molecule has 2 heterocycles. The maximum Gasteiger partial charge on any atom is 0.181 e. The zero-order valence-corrected chi connectivity index (χ0v) is 12.5. The molecule has 2 aromatic rings. The van der Waals surface area contributed by atoms with Crippen LogP contribution in [-0.4, -0.2) is 32.8 Å². The largest absolute Gasteiger partial charge is 0.297 e. The number of hydrogen-bond donors (Lipinski definition) is 0. The molecule has 106 valence electrons. The maximum absolute atomic E-state index is 4.47. The summed E-state index contributed by atoms with van der Waals surface area (Å²) in [5.41, 5.74) is 2.47. The van der Waals surface area contributed by atoms with E-state index in [0.29, 0.717) is 6.04 Å². The fourth-order valence-corrected chi connectivity index (χ4v) is 2.84. The molecule has 4 nitrogen and oxygen atoms in total. The van der Waals surface area contributed by atoms with Crippen LogP contribution in [-0.2, 0) is 7.05 Å². The lowest BCUT2D eigenvalue weighted by atomic mass is 10.0. The van der Waals surface area contributed by atoms with Crippen molar-refractivity contribution in [1.82, 2.24) is 19.7 Å². The molecule has 20 heavy (non-hydrogen) atoms. The first-order chi connectivity index (χ1) is 9.65. The van der Waals surface area contributed by atoms with Crippen molar-refractivity contribution in [1.29, 1.82) is 0 Å². The summed E-state index contributed by atoms with van der Waals surface area (Å²) in [5, 5.41) is 4.43. The van der Waals surface area contributed by atoms with Gasteiger partial charge in [-0.25, -0.2) is 4.98 Å². The number of aromatic nitrogens is 3. The molecular formula is C16H22N4. The number of rotatable bonds is 3. The molecule has 0 N–H and O–H groups in total. The Balaban J connectivity index is 1.80. The van der Waals surface area contributed by atoms with Gasteiger partial charge in [-0.3, -0.25) is 9.58 Å². The Kier molecular flexibility index (Phi) is 3.57. The van der Waals surface area contributed by atoms with Crippen molar-refractivity contribution in [2.75, 3.05) is 13.1 Å². The molecule has 1 atom stereocenters. The number of benzene rings is 1. The third-order valence-corrected chi connectivity index (χ3v) is 4.32. The molecule has 0 amide bonds. The Labute approximate surface area is 120 Å². The number of likely N-dealkylation sites (tertiary alicyclic amines) is 1. The van der Waals surface area contributed by atoms with Gasteiger partial charge in [-0.2, -0.15) is 5.10 Å². The van der Waals surface area contributed by atoms with E-state index in [2.05, 4.69) is 46.2 Å². The van der Waals surface area contributed by atoms with Gasteiger partial charge in [0.25, 0.3) is 0 Å². The normalized spacial score (nSPS) is 17.6. The van der Waals surface area contributed by atoms with E-state index in [1.807, 2.05) is 18.7 Å². The van der Waals surface area contributed by atoms with E-state index in [0.717, 1.165) is 17.2 Å². The first kappa shape index (κ1) is 13.3. The lowest BCUT2D eigenvalue weighted by Gasteiger charge is -2.24. The molecule has 1 aromatic heterocycles. The van der Waals surface area contributed by atoms with Gasteiger partial charge in [0.1, 0.15) is 5.82 Å². The van der Waals surface area contributed by atoms with Gasteiger partial charge < -0.3 is 0 Å². The number of aryl methyl sites for hydroxylation is 2. The summed E-state index contributed by atoms with van der Waals surface area (Å²) < 4.78 is 1.82. The van der Waals surface area contributed by atoms with Crippen LogP contribution in [0.4, 0.5) is 0 Å². The molecule has 3 rings (SSSR count). The Morgan fingerprint density at radius 1 is 1.10 bits per heavy atom. The Hall–Kier alpha value is -1.68. The van der Waals surface area contributed by atoms with Gasteiger partial charge in [0.05, 0.1) is 0 Å². The predicted molar refractivity (Wildman–Crippen MR) is 80.4 cm³/mol. The van der Waals surface area contributed by atoms with E-state index < -0.39 is 0 Å². The second-order valence-corrected chi connectivity index (χ2v) is 5.65. The van der Waals surface area contributed by atoms with Crippen LogP contribution in [0.2, 0.25) is 0 Å². The van der Waals surface area contributed by atoms with Gasteiger partial charge >= 0.3 is 0 Å². The van der Waals surface area contributed by atoms with E-state index >= 15 is 0 Å². The third-order valence-electron chi connectivity index (χ3n) is 4.32. The highest BCUT2D eigenvalue weighted by atomic mass is 15.3. The van der Waals surface area contributed by atoms with Gasteiger partial charge in [0.2, 0.25) is 0 Å². The second kappa shape index (κ2) is 5.37. The highest BCUT2D eigenvalue weighted by Gasteiger charge is 2.19. The van der Waals surface area contributed by atoms with E-state index in [1.165, 1.54) is 31.5 Å². The molecule has 0 saturated carbocycles. The molecule has 0 spiro atoms. The van der Waals surface area contributed by atoms with E-state index in [1.54, 1.807) is 0 Å². The summed E-state index contributed by atoms with van der Waals surface area (Å²) in [6.07, 6.45) is 2.67. The molecule has 1 fully saturated rings. The summed E-state index contributed by atoms with van der Waals surface area (Å²) >= 11 is 0. The minimum Gasteiger partial charge on any atom is -0.297 e. The van der Waals surface area contributed by atoms with Crippen LogP contribution in [0.1, 0.15) is 37.2 Å². The third kappa shape index (κ3) is 2.48. The molecule has 1 aliphatic heterocycles. The minimum atomic E-state index is 0.505. The van der Waals surface area contributed by atoms with Crippen molar-refractivity contribution in [3.8, 4) is 11.4 Å². The van der Waals surface area contributed by atoms with Gasteiger partial charge in [0.15, 0.2) is 5.82 Å². The molecule has 1 saturated heterocycles. The average molecular weight is 270 g/mol. The zero-order chi connectivity index (χ0) is 14.1. The van der Waals surface area contributed by atoms with Gasteiger partial charge in [0, 0.05) is 18.7 Å². The highest BCUT2D eigenvalue weighted by molar-refractivity contribution is 5.55. The molecular weight excluding hydrogens is 248 g/mol. The van der Waals surface area contributed by atoms with Gasteiger partial charge in [-0.05, 0) is 45.3 Å². The van der Waals surface area contributed by atoms with Crippen molar-refractivity contribution in [3.63, 3.8) is 0 Å². The minimum absolute atomic E-state index is 0.505. The van der Waals surface area contributed by atoms with Crippen molar-refractivity contribution >= 4 is 0 Å². The number of hydrogen-bond acceptors (Lipinski definition) is 3. The monoisotopic (exact) mass is 270 g/mol. The van der Waals surface area contributed by atoms with Crippen LogP contribution in [0.3, 0.4) is 0 Å². The Bertz CT molecular complexity index is 560. The molecule has 0 bridgehead atoms. The first-order valence-electron chi connectivity index (χ1n) is 7.37. The fraction of sp³-hybridized carbons (Fsp3) is 0.500. The van der Waals surface area contributed by atoms with Crippen molar-refractivity contribution in [2.24, 2.45) is 7.05 Å². The SMILES string of the molecule is Cc1nc(-c2ccc([C@@H](C)N3CCCC3)cc2)nn1C.